The van der Waals surface area contributed by atoms with Gasteiger partial charge in [-0.15, -0.1) is 0 Å². The number of benzene rings is 3. The number of rotatable bonds is 0. The second-order valence-electron chi connectivity index (χ2n) is 14.9. The molecule has 3 aromatic rings. The number of carbonyl (C=O) groups excluding carboxylic acids is 3. The Hall–Kier alpha value is -3.99. The molecule has 0 bridgehead atoms. The molecule has 6 rings (SSSR count). The molecule has 1 aliphatic carbocycles. The van der Waals surface area contributed by atoms with Gasteiger partial charge >= 0.3 is 0 Å². The molecule has 2 aliphatic heterocycles. The van der Waals surface area contributed by atoms with Gasteiger partial charge in [0.2, 0.25) is 11.8 Å². The number of amides is 2. The highest BCUT2D eigenvalue weighted by Crippen LogP contribution is 2.34. The molecule has 44 heavy (non-hydrogen) atoms. The molecule has 2 heterocycles. The molecule has 3 aliphatic rings. The van der Waals surface area contributed by atoms with Gasteiger partial charge in [0.15, 0.2) is 5.78 Å². The first-order valence-corrected chi connectivity index (χ1v) is 15.6. The Labute approximate surface area is 264 Å². The topological polar surface area (TPSA) is 57.7 Å². The van der Waals surface area contributed by atoms with Crippen molar-refractivity contribution in [2.45, 2.75) is 99.2 Å². The van der Waals surface area contributed by atoms with Crippen molar-refractivity contribution in [3.8, 4) is 0 Å². The van der Waals surface area contributed by atoms with Gasteiger partial charge in [0.05, 0.1) is 12.8 Å². The van der Waals surface area contributed by atoms with E-state index in [1.54, 1.807) is 0 Å². The maximum atomic E-state index is 11.9. The maximum Gasteiger partial charge on any atom is 0.231 e. The number of allylic oxidation sites excluding steroid dienone is 1. The lowest BCUT2D eigenvalue weighted by atomic mass is 9.78. The van der Waals surface area contributed by atoms with Crippen molar-refractivity contribution < 1.29 is 14.4 Å². The molecule has 0 spiro atoms. The van der Waals surface area contributed by atoms with Crippen molar-refractivity contribution in [2.75, 3.05) is 4.90 Å². The van der Waals surface area contributed by atoms with E-state index in [1.807, 2.05) is 76.5 Å². The Morgan fingerprint density at radius 2 is 1.07 bits per heavy atom. The minimum absolute atomic E-state index is 0.0510. The summed E-state index contributed by atoms with van der Waals surface area (Å²) in [4.78, 5) is 39.5. The lowest BCUT2D eigenvalue weighted by Crippen LogP contribution is -2.48. The fraction of sp³-hybridized carbons (Fsp3) is 0.410. The number of fused-ring (bicyclic) bond motifs is 3. The number of Topliss-reactive ketones (excluding diaryl/α,β-unsaturated/α-hetero) is 1. The smallest absolute Gasteiger partial charge is 0.231 e. The van der Waals surface area contributed by atoms with Gasteiger partial charge in [0.1, 0.15) is 0 Å². The van der Waals surface area contributed by atoms with Crippen molar-refractivity contribution in [3.63, 3.8) is 0 Å². The maximum absolute atomic E-state index is 11.9. The summed E-state index contributed by atoms with van der Waals surface area (Å²) in [6.07, 6.45) is 3.70. The summed E-state index contributed by atoms with van der Waals surface area (Å²) >= 11 is 0. The number of para-hydroxylation sites is 1. The van der Waals surface area contributed by atoms with Crippen molar-refractivity contribution in [2.24, 2.45) is 5.41 Å². The highest BCUT2D eigenvalue weighted by atomic mass is 16.2. The first-order valence-electron chi connectivity index (χ1n) is 15.6. The molecule has 2 amide bonds. The second kappa shape index (κ2) is 12.6. The average molecular weight is 593 g/mol. The van der Waals surface area contributed by atoms with E-state index in [2.05, 4.69) is 74.4 Å². The van der Waals surface area contributed by atoms with Crippen LogP contribution in [0.1, 0.15) is 90.1 Å². The van der Waals surface area contributed by atoms with Crippen molar-refractivity contribution in [1.82, 2.24) is 4.90 Å². The van der Waals surface area contributed by atoms with Crippen LogP contribution in [0.15, 0.2) is 78.4 Å². The minimum Gasteiger partial charge on any atom is -0.333 e. The Bertz CT molecular complexity index is 1580. The standard InChI is InChI=1S/C14H16O.C13H17NO.C12H15NO/c1-14(2,3)12-8-10-6-4-5-7-11(10)9-13(12)15;1-13(2,3)14-9-11-7-5-4-6-10(11)8-12(14)15;1-12(2,3)13-10-7-5-4-6-9(10)8-11(13)14/h4-8H,9H2,1-3H3;4-7H,8-9H2,1-3H3;4-7H,8H2,1-3H3. The van der Waals surface area contributed by atoms with Gasteiger partial charge in [-0.25, -0.2) is 0 Å². The number of carbonyl (C=O) groups is 3. The minimum atomic E-state index is -0.121. The predicted molar refractivity (Wildman–Crippen MR) is 180 cm³/mol. The molecule has 5 nitrogen and oxygen atoms in total. The number of nitrogens with zero attached hydrogens (tertiary/aromatic N) is 2. The quantitative estimate of drug-likeness (QED) is 0.266. The van der Waals surface area contributed by atoms with Gasteiger partial charge in [-0.05, 0) is 86.9 Å². The largest absolute Gasteiger partial charge is 0.333 e. The summed E-state index contributed by atoms with van der Waals surface area (Å²) in [5.74, 6) is 0.709. The van der Waals surface area contributed by atoms with Gasteiger partial charge in [0.25, 0.3) is 0 Å². The van der Waals surface area contributed by atoms with Crippen LogP contribution >= 0.6 is 0 Å². The van der Waals surface area contributed by atoms with Crippen molar-refractivity contribution >= 4 is 29.4 Å². The summed E-state index contributed by atoms with van der Waals surface area (Å²) in [6.45, 7) is 19.4. The van der Waals surface area contributed by atoms with Crippen LogP contribution in [-0.4, -0.2) is 33.6 Å². The fourth-order valence-electron chi connectivity index (χ4n) is 5.98. The number of hydrogen-bond donors (Lipinski definition) is 0. The number of anilines is 1. The first-order chi connectivity index (χ1) is 20.5. The Morgan fingerprint density at radius 3 is 1.66 bits per heavy atom. The first kappa shape index (κ1) is 32.9. The lowest BCUT2D eigenvalue weighted by Gasteiger charge is -2.39. The molecule has 5 heteroatoms. The third kappa shape index (κ3) is 7.56. The molecular weight excluding hydrogens is 544 g/mol. The van der Waals surface area contributed by atoms with Crippen LogP contribution in [-0.2, 0) is 40.2 Å². The normalized spacial score (nSPS) is 16.1. The Balaban J connectivity index is 0.000000151. The molecule has 0 saturated carbocycles. The van der Waals surface area contributed by atoms with Crippen LogP contribution in [0.25, 0.3) is 6.08 Å². The zero-order valence-electron chi connectivity index (χ0n) is 28.0. The van der Waals surface area contributed by atoms with Gasteiger partial charge < -0.3 is 9.80 Å². The Morgan fingerprint density at radius 1 is 0.545 bits per heavy atom. The van der Waals surface area contributed by atoms with Gasteiger partial charge in [-0.3, -0.25) is 14.4 Å². The second-order valence-corrected chi connectivity index (χ2v) is 14.9. The zero-order chi connectivity index (χ0) is 32.4. The fourth-order valence-corrected chi connectivity index (χ4v) is 5.98. The van der Waals surface area contributed by atoms with Crippen LogP contribution in [0, 0.1) is 5.41 Å². The van der Waals surface area contributed by atoms with E-state index in [0.717, 1.165) is 28.9 Å². The summed E-state index contributed by atoms with van der Waals surface area (Å²) in [6, 6.07) is 24.3. The monoisotopic (exact) mass is 592 g/mol. The van der Waals surface area contributed by atoms with Gasteiger partial charge in [0, 0.05) is 35.3 Å². The summed E-state index contributed by atoms with van der Waals surface area (Å²) < 4.78 is 0. The van der Waals surface area contributed by atoms with Crippen LogP contribution < -0.4 is 4.90 Å². The molecule has 0 fully saturated rings. The van der Waals surface area contributed by atoms with E-state index >= 15 is 0 Å². The van der Waals surface area contributed by atoms with E-state index in [1.165, 1.54) is 16.7 Å². The highest BCUT2D eigenvalue weighted by molar-refractivity contribution is 6.04. The van der Waals surface area contributed by atoms with Crippen LogP contribution in [0.5, 0.6) is 0 Å². The van der Waals surface area contributed by atoms with Crippen molar-refractivity contribution in [1.29, 1.82) is 0 Å². The van der Waals surface area contributed by atoms with Crippen LogP contribution in [0.3, 0.4) is 0 Å². The molecule has 0 aromatic heterocycles. The van der Waals surface area contributed by atoms with E-state index in [9.17, 15) is 14.4 Å². The highest BCUT2D eigenvalue weighted by Gasteiger charge is 2.35. The van der Waals surface area contributed by atoms with E-state index in [-0.39, 0.29) is 34.1 Å². The molecule has 3 aromatic carbocycles. The molecule has 0 radical (unpaired) electrons. The van der Waals surface area contributed by atoms with Crippen LogP contribution in [0.2, 0.25) is 0 Å². The number of hydrogen-bond acceptors (Lipinski definition) is 3. The van der Waals surface area contributed by atoms with Crippen molar-refractivity contribution in [3.05, 3.63) is 106 Å². The third-order valence-corrected chi connectivity index (χ3v) is 8.21. The average Bonchev–Trinajstić information content (AvgIpc) is 3.28. The molecule has 232 valence electrons. The zero-order valence-corrected chi connectivity index (χ0v) is 28.0. The van der Waals surface area contributed by atoms with Gasteiger partial charge in [-0.1, -0.05) is 87.5 Å². The van der Waals surface area contributed by atoms with E-state index < -0.39 is 0 Å². The Kier molecular flexibility index (Phi) is 9.39. The predicted octanol–water partition coefficient (Wildman–Crippen LogP) is 7.99. The summed E-state index contributed by atoms with van der Waals surface area (Å²) in [5.41, 5.74) is 7.73. The number of ketones is 1. The summed E-state index contributed by atoms with van der Waals surface area (Å²) in [5, 5.41) is 0. The lowest BCUT2D eigenvalue weighted by molar-refractivity contribution is -0.137. The molecular formula is C39H48N2O3. The summed E-state index contributed by atoms with van der Waals surface area (Å²) in [7, 11) is 0. The molecule has 0 saturated heterocycles. The molecule has 0 N–H and O–H groups in total. The third-order valence-electron chi connectivity index (χ3n) is 8.21. The molecule has 0 atom stereocenters. The SMILES string of the molecule is CC(C)(C)C1=Cc2ccccc2CC1=O.CC(C)(C)N1C(=O)Cc2ccccc21.CC(C)(C)N1Cc2ccccc2CC1=O. The van der Waals surface area contributed by atoms with Crippen LogP contribution in [0.4, 0.5) is 5.69 Å². The van der Waals surface area contributed by atoms with E-state index in [4.69, 9.17) is 0 Å². The van der Waals surface area contributed by atoms with Gasteiger partial charge in [-0.2, -0.15) is 0 Å². The molecule has 0 unspecified atom stereocenters. The van der Waals surface area contributed by atoms with E-state index in [0.29, 0.717) is 19.3 Å².